The Hall–Kier alpha value is -1.42. The first-order valence-corrected chi connectivity index (χ1v) is 12.6. The summed E-state index contributed by atoms with van der Waals surface area (Å²) < 4.78 is 13.1. The number of carbonyl (C=O) groups excluding carboxylic acids is 1. The van der Waals surface area contributed by atoms with Crippen LogP contribution >= 0.6 is 50.5 Å². The lowest BCUT2D eigenvalue weighted by atomic mass is 10.3. The third-order valence-corrected chi connectivity index (χ3v) is 7.14. The first-order chi connectivity index (χ1) is 15.5. The number of amides is 1. The maximum absolute atomic E-state index is 13.2. The highest BCUT2D eigenvalue weighted by Gasteiger charge is 2.21. The Morgan fingerprint density at radius 2 is 2.03 bits per heavy atom. The molecule has 3 aromatic rings. The van der Waals surface area contributed by atoms with Crippen LogP contribution in [-0.4, -0.2) is 61.8 Å². The minimum Gasteiger partial charge on any atom is -0.482 e. The molecule has 170 valence electrons. The first kappa shape index (κ1) is 23.7. The van der Waals surface area contributed by atoms with Crippen LogP contribution in [0, 0.1) is 0 Å². The average Bonchev–Trinajstić information content (AvgIpc) is 3.19. The fraction of sp³-hybridized carbons (Fsp3) is 0.364. The molecule has 0 atom stereocenters. The van der Waals surface area contributed by atoms with Gasteiger partial charge in [-0.2, -0.15) is 0 Å². The molecule has 1 aliphatic rings. The second-order valence-electron chi connectivity index (χ2n) is 7.32. The smallest absolute Gasteiger partial charge is 0.266 e. The number of carbonyl (C=O) groups is 1. The Bertz CT molecular complexity index is 1090. The highest BCUT2D eigenvalue weighted by atomic mass is 79.9. The van der Waals surface area contributed by atoms with Gasteiger partial charge in [0.2, 0.25) is 0 Å². The molecule has 2 aromatic carbocycles. The van der Waals surface area contributed by atoms with Crippen molar-refractivity contribution in [3.8, 4) is 5.75 Å². The van der Waals surface area contributed by atoms with E-state index < -0.39 is 0 Å². The van der Waals surface area contributed by atoms with Crippen LogP contribution in [0.2, 0.25) is 10.0 Å². The molecule has 1 fully saturated rings. The number of benzene rings is 2. The molecule has 0 radical (unpaired) electrons. The van der Waals surface area contributed by atoms with Gasteiger partial charge in [0.05, 0.1) is 28.5 Å². The number of nitrogens with zero attached hydrogens (tertiary/aromatic N) is 3. The van der Waals surface area contributed by atoms with E-state index in [0.717, 1.165) is 54.0 Å². The Labute approximate surface area is 209 Å². The van der Waals surface area contributed by atoms with E-state index >= 15 is 0 Å². The van der Waals surface area contributed by atoms with Crippen LogP contribution in [0.3, 0.4) is 0 Å². The molecule has 0 bridgehead atoms. The molecule has 32 heavy (non-hydrogen) atoms. The second kappa shape index (κ2) is 11.1. The van der Waals surface area contributed by atoms with Crippen LogP contribution < -0.4 is 9.64 Å². The van der Waals surface area contributed by atoms with Crippen molar-refractivity contribution in [1.82, 2.24) is 9.88 Å². The summed E-state index contributed by atoms with van der Waals surface area (Å²) >= 11 is 17.1. The summed E-state index contributed by atoms with van der Waals surface area (Å²) in [6.07, 6.45) is 0.826. The number of anilines is 1. The summed E-state index contributed by atoms with van der Waals surface area (Å²) in [6, 6.07) is 10.8. The number of morpholine rings is 1. The molecule has 10 heteroatoms. The fourth-order valence-corrected chi connectivity index (χ4v) is 5.44. The van der Waals surface area contributed by atoms with Crippen LogP contribution in [0.15, 0.2) is 40.9 Å². The Kier molecular flexibility index (Phi) is 8.26. The van der Waals surface area contributed by atoms with Crippen molar-refractivity contribution in [2.75, 3.05) is 50.9 Å². The molecule has 0 spiro atoms. The number of ether oxygens (including phenoxy) is 2. The zero-order valence-electron chi connectivity index (χ0n) is 17.2. The summed E-state index contributed by atoms with van der Waals surface area (Å²) in [5.41, 5.74) is 0.862. The highest BCUT2D eigenvalue weighted by molar-refractivity contribution is 9.10. The molecule has 1 saturated heterocycles. The van der Waals surface area contributed by atoms with Gasteiger partial charge in [-0.25, -0.2) is 4.98 Å². The topological polar surface area (TPSA) is 54.9 Å². The summed E-state index contributed by atoms with van der Waals surface area (Å²) in [6.45, 7) is 4.65. The number of hydrogen-bond donors (Lipinski definition) is 0. The maximum Gasteiger partial charge on any atom is 0.266 e. The monoisotopic (exact) mass is 557 g/mol. The Morgan fingerprint density at radius 3 is 2.81 bits per heavy atom. The predicted molar refractivity (Wildman–Crippen MR) is 134 cm³/mol. The molecular formula is C22H22BrCl2N3O3S. The van der Waals surface area contributed by atoms with Crippen LogP contribution in [-0.2, 0) is 9.53 Å². The number of halogens is 3. The predicted octanol–water partition coefficient (Wildman–Crippen LogP) is 5.50. The van der Waals surface area contributed by atoms with Gasteiger partial charge < -0.3 is 9.47 Å². The summed E-state index contributed by atoms with van der Waals surface area (Å²) in [5, 5.41) is 1.55. The molecule has 6 nitrogen and oxygen atoms in total. The molecule has 2 heterocycles. The van der Waals surface area contributed by atoms with E-state index in [1.807, 2.05) is 18.2 Å². The van der Waals surface area contributed by atoms with Gasteiger partial charge in [-0.1, -0.05) is 50.5 Å². The molecule has 1 amide bonds. The lowest BCUT2D eigenvalue weighted by Crippen LogP contribution is -2.40. The quantitative estimate of drug-likeness (QED) is 0.365. The van der Waals surface area contributed by atoms with Gasteiger partial charge in [0.25, 0.3) is 5.91 Å². The molecule has 1 aromatic heterocycles. The Balaban J connectivity index is 1.47. The van der Waals surface area contributed by atoms with Crippen molar-refractivity contribution in [3.63, 3.8) is 0 Å². The van der Waals surface area contributed by atoms with E-state index in [9.17, 15) is 4.79 Å². The molecule has 0 unspecified atom stereocenters. The molecule has 0 aliphatic carbocycles. The number of aromatic nitrogens is 1. The van der Waals surface area contributed by atoms with Crippen LogP contribution in [0.5, 0.6) is 5.75 Å². The maximum atomic E-state index is 13.2. The van der Waals surface area contributed by atoms with E-state index in [2.05, 4.69) is 20.8 Å². The summed E-state index contributed by atoms with van der Waals surface area (Å²) in [5.74, 6) is 0.252. The first-order valence-electron chi connectivity index (χ1n) is 10.2. The van der Waals surface area contributed by atoms with Gasteiger partial charge in [0, 0.05) is 35.7 Å². The lowest BCUT2D eigenvalue weighted by molar-refractivity contribution is -0.120. The van der Waals surface area contributed by atoms with Crippen LogP contribution in [0.4, 0.5) is 5.13 Å². The highest BCUT2D eigenvalue weighted by Crippen LogP contribution is 2.32. The minimum atomic E-state index is -0.170. The van der Waals surface area contributed by atoms with Crippen LogP contribution in [0.25, 0.3) is 10.2 Å². The fourth-order valence-electron chi connectivity index (χ4n) is 3.42. The van der Waals surface area contributed by atoms with Gasteiger partial charge in [-0.15, -0.1) is 0 Å². The number of rotatable bonds is 8. The minimum absolute atomic E-state index is 0.140. The molecule has 0 saturated carbocycles. The van der Waals surface area contributed by atoms with Crippen molar-refractivity contribution in [3.05, 3.63) is 50.9 Å². The molecule has 1 aliphatic heterocycles. The van der Waals surface area contributed by atoms with Crippen molar-refractivity contribution in [2.45, 2.75) is 6.42 Å². The SMILES string of the molecule is O=C(COc1ccc(Cl)cc1Cl)N(CCCN1CCOCC1)c1nc2ccc(Br)cc2s1. The van der Waals surface area contributed by atoms with E-state index in [1.165, 1.54) is 11.3 Å². The Morgan fingerprint density at radius 1 is 1.22 bits per heavy atom. The van der Waals surface area contributed by atoms with Gasteiger partial charge in [-0.3, -0.25) is 14.6 Å². The van der Waals surface area contributed by atoms with Crippen LogP contribution in [0.1, 0.15) is 6.42 Å². The summed E-state index contributed by atoms with van der Waals surface area (Å²) in [7, 11) is 0. The van der Waals surface area contributed by atoms with Crippen molar-refractivity contribution >= 4 is 71.7 Å². The van der Waals surface area contributed by atoms with Crippen molar-refractivity contribution < 1.29 is 14.3 Å². The van der Waals surface area contributed by atoms with E-state index in [4.69, 9.17) is 37.7 Å². The van der Waals surface area contributed by atoms with Gasteiger partial charge >= 0.3 is 0 Å². The lowest BCUT2D eigenvalue weighted by Gasteiger charge is -2.27. The zero-order chi connectivity index (χ0) is 22.5. The molecule has 4 rings (SSSR count). The van der Waals surface area contributed by atoms with E-state index in [-0.39, 0.29) is 12.5 Å². The normalized spacial score (nSPS) is 14.6. The standard InChI is InChI=1S/C22H22BrCl2N3O3S/c23-15-2-4-18-20(12-15)32-22(26-18)28(7-1-6-27-8-10-30-11-9-27)21(29)14-31-19-5-3-16(24)13-17(19)25/h2-5,12-13H,1,6-11,14H2. The van der Waals surface area contributed by atoms with Crippen molar-refractivity contribution in [2.24, 2.45) is 0 Å². The van der Waals surface area contributed by atoms with Gasteiger partial charge in [0.1, 0.15) is 5.75 Å². The third-order valence-electron chi connectivity index (χ3n) is 5.08. The largest absolute Gasteiger partial charge is 0.482 e. The molecule has 0 N–H and O–H groups in total. The molecular weight excluding hydrogens is 537 g/mol. The van der Waals surface area contributed by atoms with Crippen molar-refractivity contribution in [1.29, 1.82) is 0 Å². The summed E-state index contributed by atoms with van der Waals surface area (Å²) in [4.78, 5) is 21.9. The number of hydrogen-bond acceptors (Lipinski definition) is 6. The number of thiazole rings is 1. The second-order valence-corrected chi connectivity index (χ2v) is 10.1. The average molecular weight is 559 g/mol. The zero-order valence-corrected chi connectivity index (χ0v) is 21.1. The van der Waals surface area contributed by atoms with Gasteiger partial charge in [-0.05, 0) is 42.8 Å². The van der Waals surface area contributed by atoms with E-state index in [0.29, 0.717) is 27.5 Å². The third kappa shape index (κ3) is 6.12. The van der Waals surface area contributed by atoms with Gasteiger partial charge in [0.15, 0.2) is 11.7 Å². The van der Waals surface area contributed by atoms with E-state index in [1.54, 1.807) is 23.1 Å². The number of fused-ring (bicyclic) bond motifs is 1.